The van der Waals surface area contributed by atoms with Crippen LogP contribution >= 0.6 is 0 Å². The number of benzene rings is 1. The number of ether oxygens (including phenoxy) is 2. The molecular weight excluding hydrogens is 372 g/mol. The highest BCUT2D eigenvalue weighted by molar-refractivity contribution is 7.89. The van der Waals surface area contributed by atoms with Gasteiger partial charge in [-0.25, -0.2) is 8.42 Å². The molecule has 8 nitrogen and oxygen atoms in total. The van der Waals surface area contributed by atoms with Crippen molar-refractivity contribution in [3.8, 4) is 0 Å². The number of hydrogen-bond donors (Lipinski definition) is 0. The van der Waals surface area contributed by atoms with E-state index in [0.29, 0.717) is 57.8 Å². The zero-order valence-corrected chi connectivity index (χ0v) is 16.1. The van der Waals surface area contributed by atoms with Crippen molar-refractivity contribution in [1.82, 2.24) is 9.21 Å². The zero-order chi connectivity index (χ0) is 19.4. The predicted molar refractivity (Wildman–Crippen MR) is 96.7 cm³/mol. The van der Waals surface area contributed by atoms with E-state index in [0.717, 1.165) is 0 Å². The Morgan fingerprint density at radius 2 is 1.63 bits per heavy atom. The number of carbonyl (C=O) groups excluding carboxylic acids is 2. The summed E-state index contributed by atoms with van der Waals surface area (Å²) >= 11 is 0. The van der Waals surface area contributed by atoms with Crippen LogP contribution < -0.4 is 0 Å². The first-order chi connectivity index (χ1) is 12.9. The Balaban J connectivity index is 1.65. The van der Waals surface area contributed by atoms with Gasteiger partial charge in [0.15, 0.2) is 0 Å². The van der Waals surface area contributed by atoms with Gasteiger partial charge in [0.2, 0.25) is 10.0 Å². The molecule has 1 aromatic carbocycles. The molecule has 0 N–H and O–H groups in total. The molecule has 0 aromatic heterocycles. The largest absolute Gasteiger partial charge is 0.469 e. The fourth-order valence-electron chi connectivity index (χ4n) is 3.37. The second-order valence-corrected chi connectivity index (χ2v) is 8.57. The van der Waals surface area contributed by atoms with Gasteiger partial charge in [0, 0.05) is 31.7 Å². The third kappa shape index (κ3) is 4.31. The van der Waals surface area contributed by atoms with Crippen LogP contribution in [0.1, 0.15) is 23.2 Å². The molecular formula is C18H24N2O6S. The second-order valence-electron chi connectivity index (χ2n) is 6.63. The van der Waals surface area contributed by atoms with Crippen molar-refractivity contribution in [3.05, 3.63) is 29.8 Å². The first kappa shape index (κ1) is 19.8. The SMILES string of the molecule is COC(=O)C1CCN(C(=O)c2ccc(S(=O)(=O)N3CCOCC3)cc2)CC1. The highest BCUT2D eigenvalue weighted by Crippen LogP contribution is 2.22. The van der Waals surface area contributed by atoms with Gasteiger partial charge in [-0.2, -0.15) is 4.31 Å². The van der Waals surface area contributed by atoms with Crippen LogP contribution in [0.5, 0.6) is 0 Å². The van der Waals surface area contributed by atoms with Gasteiger partial charge in [0.1, 0.15) is 0 Å². The lowest BCUT2D eigenvalue weighted by Crippen LogP contribution is -2.41. The van der Waals surface area contributed by atoms with E-state index in [1.165, 1.54) is 23.5 Å². The molecule has 148 valence electrons. The standard InChI is InChI=1S/C18H24N2O6S/c1-25-18(22)15-6-8-19(9-7-15)17(21)14-2-4-16(5-3-14)27(23,24)20-10-12-26-13-11-20/h2-5,15H,6-13H2,1H3. The minimum Gasteiger partial charge on any atom is -0.469 e. The normalized spacial score (nSPS) is 19.7. The monoisotopic (exact) mass is 396 g/mol. The first-order valence-electron chi connectivity index (χ1n) is 8.98. The van der Waals surface area contributed by atoms with Crippen molar-refractivity contribution in [2.75, 3.05) is 46.5 Å². The molecule has 0 spiro atoms. The summed E-state index contributed by atoms with van der Waals surface area (Å²) in [5, 5.41) is 0. The molecule has 0 radical (unpaired) electrons. The van der Waals surface area contributed by atoms with Gasteiger partial charge in [0.25, 0.3) is 5.91 Å². The summed E-state index contributed by atoms with van der Waals surface area (Å²) in [7, 11) is -2.20. The van der Waals surface area contributed by atoms with Crippen LogP contribution in [-0.2, 0) is 24.3 Å². The fourth-order valence-corrected chi connectivity index (χ4v) is 4.78. The summed E-state index contributed by atoms with van der Waals surface area (Å²) in [6, 6.07) is 6.03. The number of hydrogen-bond acceptors (Lipinski definition) is 6. The van der Waals surface area contributed by atoms with E-state index in [2.05, 4.69) is 0 Å². The molecule has 1 amide bonds. The Bertz CT molecular complexity index is 779. The first-order valence-corrected chi connectivity index (χ1v) is 10.4. The summed E-state index contributed by atoms with van der Waals surface area (Å²) in [6.45, 7) is 2.39. The quantitative estimate of drug-likeness (QED) is 0.697. The highest BCUT2D eigenvalue weighted by Gasteiger charge is 2.29. The molecule has 0 aliphatic carbocycles. The Morgan fingerprint density at radius 3 is 2.19 bits per heavy atom. The number of amides is 1. The maximum Gasteiger partial charge on any atom is 0.308 e. The van der Waals surface area contributed by atoms with Gasteiger partial charge in [-0.1, -0.05) is 0 Å². The van der Waals surface area contributed by atoms with Crippen LogP contribution in [0.15, 0.2) is 29.2 Å². The van der Waals surface area contributed by atoms with Gasteiger partial charge in [0.05, 0.1) is 31.1 Å². The number of rotatable bonds is 4. The average molecular weight is 396 g/mol. The van der Waals surface area contributed by atoms with Gasteiger partial charge in [-0.05, 0) is 37.1 Å². The summed E-state index contributed by atoms with van der Waals surface area (Å²) in [5.74, 6) is -0.562. The van der Waals surface area contributed by atoms with Crippen molar-refractivity contribution >= 4 is 21.9 Å². The second kappa shape index (κ2) is 8.37. The fraction of sp³-hybridized carbons (Fsp3) is 0.556. The average Bonchev–Trinajstić information content (AvgIpc) is 2.73. The summed E-state index contributed by atoms with van der Waals surface area (Å²) in [4.78, 5) is 26.1. The molecule has 0 atom stereocenters. The number of methoxy groups -OCH3 is 1. The van der Waals surface area contributed by atoms with Crippen molar-refractivity contribution in [2.45, 2.75) is 17.7 Å². The summed E-state index contributed by atoms with van der Waals surface area (Å²) in [6.07, 6.45) is 1.14. The maximum absolute atomic E-state index is 12.6. The lowest BCUT2D eigenvalue weighted by molar-refractivity contribution is -0.146. The van der Waals surface area contributed by atoms with Gasteiger partial charge in [-0.15, -0.1) is 0 Å². The third-order valence-electron chi connectivity index (χ3n) is 5.03. The molecule has 0 saturated carbocycles. The number of sulfonamides is 1. The number of piperidine rings is 1. The van der Waals surface area contributed by atoms with Crippen LogP contribution in [0.3, 0.4) is 0 Å². The Hall–Kier alpha value is -1.97. The molecule has 9 heteroatoms. The minimum atomic E-state index is -3.57. The van der Waals surface area contributed by atoms with Crippen LogP contribution in [0.4, 0.5) is 0 Å². The predicted octanol–water partition coefficient (Wildman–Crippen LogP) is 0.733. The zero-order valence-electron chi connectivity index (χ0n) is 15.3. The Kier molecular flexibility index (Phi) is 6.13. The van der Waals surface area contributed by atoms with Crippen molar-refractivity contribution in [2.24, 2.45) is 5.92 Å². The molecule has 0 unspecified atom stereocenters. The molecule has 0 bridgehead atoms. The molecule has 2 fully saturated rings. The Labute approximate surface area is 159 Å². The van der Waals surface area contributed by atoms with E-state index < -0.39 is 10.0 Å². The molecule has 3 rings (SSSR count). The summed E-state index contributed by atoms with van der Waals surface area (Å²) in [5.41, 5.74) is 0.437. The lowest BCUT2D eigenvalue weighted by atomic mass is 9.96. The van der Waals surface area contributed by atoms with Crippen LogP contribution in [0.25, 0.3) is 0 Å². The summed E-state index contributed by atoms with van der Waals surface area (Å²) < 4.78 is 36.6. The molecule has 27 heavy (non-hydrogen) atoms. The van der Waals surface area contributed by atoms with Crippen LogP contribution in [0.2, 0.25) is 0 Å². The highest BCUT2D eigenvalue weighted by atomic mass is 32.2. The maximum atomic E-state index is 12.6. The molecule has 2 heterocycles. The lowest BCUT2D eigenvalue weighted by Gasteiger charge is -2.30. The van der Waals surface area contributed by atoms with Crippen molar-refractivity contribution < 1.29 is 27.5 Å². The molecule has 2 saturated heterocycles. The minimum absolute atomic E-state index is 0.159. The topological polar surface area (TPSA) is 93.2 Å². The van der Waals surface area contributed by atoms with Gasteiger partial charge < -0.3 is 14.4 Å². The number of likely N-dealkylation sites (tertiary alicyclic amines) is 1. The van der Waals surface area contributed by atoms with E-state index in [-0.39, 0.29) is 22.7 Å². The van der Waals surface area contributed by atoms with Gasteiger partial charge in [-0.3, -0.25) is 9.59 Å². The molecule has 2 aliphatic rings. The van der Waals surface area contributed by atoms with E-state index in [1.807, 2.05) is 0 Å². The number of esters is 1. The van der Waals surface area contributed by atoms with E-state index in [9.17, 15) is 18.0 Å². The van der Waals surface area contributed by atoms with Gasteiger partial charge >= 0.3 is 5.97 Å². The molecule has 1 aromatic rings. The third-order valence-corrected chi connectivity index (χ3v) is 6.94. The van der Waals surface area contributed by atoms with E-state index >= 15 is 0 Å². The molecule has 2 aliphatic heterocycles. The van der Waals surface area contributed by atoms with Crippen LogP contribution in [0, 0.1) is 5.92 Å². The smallest absolute Gasteiger partial charge is 0.308 e. The van der Waals surface area contributed by atoms with E-state index in [1.54, 1.807) is 17.0 Å². The van der Waals surface area contributed by atoms with Crippen molar-refractivity contribution in [1.29, 1.82) is 0 Å². The number of nitrogens with zero attached hydrogens (tertiary/aromatic N) is 2. The van der Waals surface area contributed by atoms with Crippen LogP contribution in [-0.4, -0.2) is 76.0 Å². The van der Waals surface area contributed by atoms with E-state index in [4.69, 9.17) is 9.47 Å². The van der Waals surface area contributed by atoms with Crippen molar-refractivity contribution in [3.63, 3.8) is 0 Å². The number of morpholine rings is 1. The number of carbonyl (C=O) groups is 2. The Morgan fingerprint density at radius 1 is 1.04 bits per heavy atom.